The standard InChI is InChI=1S/C29H33BrN9O3P.CH2O2/c1-38(11-12-41-3)24-14-25(42-4)23(13-19(24)18-15-34-39(2)17-18)36-29-33-16-20(30)28(37-29)35-22-8-7-21-26(32-10-9-31-21)27(22)43(5,6)40;2-1-3/h7-10,13-17H,11-12H2,1-6H3,(H2,33,35,36,37);1H,(H,2,3). The van der Waals surface area contributed by atoms with E-state index in [-0.39, 0.29) is 6.47 Å². The van der Waals surface area contributed by atoms with Crippen LogP contribution in [-0.4, -0.2) is 89.0 Å². The molecule has 16 heteroatoms. The summed E-state index contributed by atoms with van der Waals surface area (Å²) in [6, 6.07) is 7.65. The van der Waals surface area contributed by atoms with Gasteiger partial charge in [-0.05, 0) is 47.5 Å². The molecule has 3 N–H and O–H groups in total. The van der Waals surface area contributed by atoms with Crippen LogP contribution in [0.2, 0.25) is 0 Å². The zero-order valence-electron chi connectivity index (χ0n) is 26.2. The summed E-state index contributed by atoms with van der Waals surface area (Å²) in [6.45, 7) is 4.44. The highest BCUT2D eigenvalue weighted by atomic mass is 79.9. The summed E-state index contributed by atoms with van der Waals surface area (Å²) in [5.41, 5.74) is 5.42. The third kappa shape index (κ3) is 7.97. The van der Waals surface area contributed by atoms with E-state index in [1.165, 1.54) is 0 Å². The van der Waals surface area contributed by atoms with Crippen molar-refractivity contribution in [1.29, 1.82) is 0 Å². The first-order valence-corrected chi connectivity index (χ1v) is 17.2. The molecule has 0 atom stereocenters. The molecule has 46 heavy (non-hydrogen) atoms. The normalized spacial score (nSPS) is 11.0. The molecule has 5 rings (SSSR count). The summed E-state index contributed by atoms with van der Waals surface area (Å²) in [4.78, 5) is 28.6. The Labute approximate surface area is 274 Å². The molecule has 5 aromatic rings. The predicted molar refractivity (Wildman–Crippen MR) is 184 cm³/mol. The fourth-order valence-corrected chi connectivity index (χ4v) is 6.41. The Morgan fingerprint density at radius 1 is 1.09 bits per heavy atom. The van der Waals surface area contributed by atoms with E-state index >= 15 is 0 Å². The van der Waals surface area contributed by atoms with E-state index < -0.39 is 7.14 Å². The predicted octanol–water partition coefficient (Wildman–Crippen LogP) is 5.11. The first kappa shape index (κ1) is 34.3. The molecule has 0 spiro atoms. The summed E-state index contributed by atoms with van der Waals surface area (Å²) < 4.78 is 26.9. The average molecular weight is 713 g/mol. The van der Waals surface area contributed by atoms with Crippen molar-refractivity contribution in [3.05, 3.63) is 59.7 Å². The van der Waals surface area contributed by atoms with Crippen LogP contribution >= 0.6 is 23.1 Å². The van der Waals surface area contributed by atoms with Crippen molar-refractivity contribution in [1.82, 2.24) is 29.7 Å². The van der Waals surface area contributed by atoms with Gasteiger partial charge in [-0.3, -0.25) is 19.4 Å². The number of aryl methyl sites for hydroxylation is 1. The Morgan fingerprint density at radius 2 is 1.83 bits per heavy atom. The number of aromatic nitrogens is 6. The second-order valence-electron chi connectivity index (χ2n) is 10.4. The number of carbonyl (C=O) groups is 1. The fourth-order valence-electron chi connectivity index (χ4n) is 4.72. The highest BCUT2D eigenvalue weighted by molar-refractivity contribution is 9.10. The molecule has 242 valence electrons. The lowest BCUT2D eigenvalue weighted by Crippen LogP contribution is -2.22. The summed E-state index contributed by atoms with van der Waals surface area (Å²) in [5, 5.41) is 18.5. The quantitative estimate of drug-likeness (QED) is 0.122. The van der Waals surface area contributed by atoms with Crippen LogP contribution in [0.1, 0.15) is 0 Å². The topological polar surface area (TPSA) is 170 Å². The lowest BCUT2D eigenvalue weighted by molar-refractivity contribution is -0.122. The van der Waals surface area contributed by atoms with Crippen LogP contribution < -0.4 is 25.6 Å². The number of anilines is 5. The van der Waals surface area contributed by atoms with Crippen LogP contribution in [0, 0.1) is 0 Å². The highest BCUT2D eigenvalue weighted by Gasteiger charge is 2.23. The third-order valence-corrected chi connectivity index (χ3v) is 8.88. The van der Waals surface area contributed by atoms with E-state index in [1.807, 2.05) is 50.8 Å². The molecule has 0 aliphatic rings. The summed E-state index contributed by atoms with van der Waals surface area (Å²) in [5.74, 6) is 1.43. The number of likely N-dealkylation sites (N-methyl/N-ethyl adjacent to an activating group) is 1. The van der Waals surface area contributed by atoms with Crippen LogP contribution in [0.15, 0.2) is 59.7 Å². The van der Waals surface area contributed by atoms with Gasteiger partial charge in [0.25, 0.3) is 6.47 Å². The lowest BCUT2D eigenvalue weighted by Gasteiger charge is -2.24. The summed E-state index contributed by atoms with van der Waals surface area (Å²) in [7, 11) is 4.44. The molecule has 0 saturated heterocycles. The van der Waals surface area contributed by atoms with Crippen LogP contribution in [0.25, 0.3) is 22.2 Å². The van der Waals surface area contributed by atoms with Gasteiger partial charge < -0.3 is 34.7 Å². The van der Waals surface area contributed by atoms with Gasteiger partial charge in [0, 0.05) is 75.4 Å². The first-order valence-electron chi connectivity index (χ1n) is 13.9. The SMILES string of the molecule is COCCN(C)c1cc(OC)c(Nc2ncc(Br)c(Nc3ccc4nccnc4c3P(C)(C)=O)n2)cc1-c1cnn(C)c1.O=CO. The Balaban J connectivity index is 0.00000154. The molecule has 0 unspecified atom stereocenters. The van der Waals surface area contributed by atoms with Crippen molar-refractivity contribution in [2.75, 3.05) is 63.3 Å². The molecule has 2 aromatic carbocycles. The van der Waals surface area contributed by atoms with Gasteiger partial charge in [0.05, 0.1) is 46.6 Å². The van der Waals surface area contributed by atoms with Crippen molar-refractivity contribution >= 4 is 74.7 Å². The summed E-state index contributed by atoms with van der Waals surface area (Å²) >= 11 is 3.55. The molecule has 3 aromatic heterocycles. The monoisotopic (exact) mass is 711 g/mol. The third-order valence-electron chi connectivity index (χ3n) is 6.77. The number of carboxylic acid groups (broad SMARTS) is 1. The van der Waals surface area contributed by atoms with Crippen LogP contribution in [0.4, 0.5) is 28.8 Å². The Bertz CT molecular complexity index is 1880. The second kappa shape index (κ2) is 15.1. The smallest absolute Gasteiger partial charge is 0.290 e. The van der Waals surface area contributed by atoms with Gasteiger partial charge in [0.2, 0.25) is 5.95 Å². The number of fused-ring (bicyclic) bond motifs is 1. The maximum atomic E-state index is 13.4. The number of halogens is 1. The number of rotatable bonds is 11. The van der Waals surface area contributed by atoms with Crippen LogP contribution in [-0.2, 0) is 21.1 Å². The molecule has 14 nitrogen and oxygen atoms in total. The van der Waals surface area contributed by atoms with E-state index in [1.54, 1.807) is 50.8 Å². The van der Waals surface area contributed by atoms with Gasteiger partial charge in [0.1, 0.15) is 24.2 Å². The van der Waals surface area contributed by atoms with Gasteiger partial charge in [-0.15, -0.1) is 0 Å². The van der Waals surface area contributed by atoms with E-state index in [0.717, 1.165) is 16.8 Å². The number of nitrogens with one attached hydrogen (secondary N) is 2. The Morgan fingerprint density at radius 3 is 2.48 bits per heavy atom. The molecule has 0 amide bonds. The zero-order valence-corrected chi connectivity index (χ0v) is 28.7. The molecule has 0 aliphatic carbocycles. The minimum Gasteiger partial charge on any atom is -0.494 e. The summed E-state index contributed by atoms with van der Waals surface area (Å²) in [6.07, 6.45) is 8.65. The Hall–Kier alpha value is -4.59. The van der Waals surface area contributed by atoms with Gasteiger partial charge >= 0.3 is 0 Å². The number of ether oxygens (including phenoxy) is 2. The number of nitrogens with zero attached hydrogens (tertiary/aromatic N) is 7. The molecule has 0 fully saturated rings. The largest absolute Gasteiger partial charge is 0.494 e. The maximum absolute atomic E-state index is 13.4. The van der Waals surface area contributed by atoms with E-state index in [9.17, 15) is 4.57 Å². The van der Waals surface area contributed by atoms with Gasteiger partial charge in [-0.25, -0.2) is 4.98 Å². The zero-order chi connectivity index (χ0) is 33.4. The number of benzene rings is 2. The fraction of sp³-hybridized carbons (Fsp3) is 0.267. The number of hydrogen-bond acceptors (Lipinski definition) is 12. The molecule has 0 aliphatic heterocycles. The second-order valence-corrected chi connectivity index (χ2v) is 14.4. The van der Waals surface area contributed by atoms with Gasteiger partial charge in [-0.2, -0.15) is 10.1 Å². The molecule has 0 radical (unpaired) electrons. The van der Waals surface area contributed by atoms with Gasteiger partial charge in [0.15, 0.2) is 0 Å². The lowest BCUT2D eigenvalue weighted by atomic mass is 10.0. The van der Waals surface area contributed by atoms with E-state index in [0.29, 0.717) is 62.9 Å². The molecular formula is C30H35BrN9O5P. The van der Waals surface area contributed by atoms with Crippen molar-refractivity contribution in [3.8, 4) is 16.9 Å². The molecule has 3 heterocycles. The van der Waals surface area contributed by atoms with Crippen molar-refractivity contribution in [2.45, 2.75) is 0 Å². The maximum Gasteiger partial charge on any atom is 0.290 e. The Kier molecular flexibility index (Phi) is 11.3. The van der Waals surface area contributed by atoms with Crippen LogP contribution in [0.5, 0.6) is 5.75 Å². The van der Waals surface area contributed by atoms with Crippen LogP contribution in [0.3, 0.4) is 0 Å². The molecule has 0 saturated carbocycles. The first-order chi connectivity index (χ1) is 22.0. The van der Waals surface area contributed by atoms with Crippen molar-refractivity contribution < 1.29 is 23.9 Å². The molecule has 0 bridgehead atoms. The average Bonchev–Trinajstić information content (AvgIpc) is 3.46. The minimum atomic E-state index is -2.76. The van der Waals surface area contributed by atoms with Crippen molar-refractivity contribution in [3.63, 3.8) is 0 Å². The van der Waals surface area contributed by atoms with E-state index in [4.69, 9.17) is 24.4 Å². The number of hydrogen-bond donors (Lipinski definition) is 3. The highest BCUT2D eigenvalue weighted by Crippen LogP contribution is 2.42. The van der Waals surface area contributed by atoms with Crippen molar-refractivity contribution in [2.24, 2.45) is 7.05 Å². The molecular weight excluding hydrogens is 677 g/mol. The number of methoxy groups -OCH3 is 2. The van der Waals surface area contributed by atoms with Gasteiger partial charge in [-0.1, -0.05) is 0 Å². The van der Waals surface area contributed by atoms with E-state index in [2.05, 4.69) is 51.5 Å². The minimum absolute atomic E-state index is 0.250.